The molecule has 0 nitrogen and oxygen atoms in total. The van der Waals surface area contributed by atoms with Gasteiger partial charge >= 0.3 is 0 Å². The van der Waals surface area contributed by atoms with Gasteiger partial charge in [-0.15, -0.1) is 0 Å². The molecule has 0 aromatic rings. The van der Waals surface area contributed by atoms with Crippen molar-refractivity contribution in [2.24, 2.45) is 0 Å². The maximum atomic E-state index is 12.2. The molecule has 0 saturated heterocycles. The van der Waals surface area contributed by atoms with Crippen molar-refractivity contribution in [2.45, 2.75) is 12.3 Å². The lowest BCUT2D eigenvalue weighted by Gasteiger charge is -2.15. The molecule has 1 aliphatic carbocycles. The minimum atomic E-state index is -3.09. The Balaban J connectivity index is 3.18. The summed E-state index contributed by atoms with van der Waals surface area (Å²) in [5.41, 5.74) is 0. The van der Waals surface area contributed by atoms with E-state index in [1.54, 1.807) is 0 Å². The van der Waals surface area contributed by atoms with Crippen molar-refractivity contribution >= 4 is 0 Å². The highest BCUT2D eigenvalue weighted by molar-refractivity contribution is 5.34. The van der Waals surface area contributed by atoms with E-state index in [1.807, 2.05) is 0 Å². The van der Waals surface area contributed by atoms with Crippen LogP contribution in [0.4, 0.5) is 26.3 Å². The fourth-order valence-corrected chi connectivity index (χ4v) is 0.709. The van der Waals surface area contributed by atoms with Gasteiger partial charge in [-0.2, -0.15) is 0 Å². The highest BCUT2D eigenvalue weighted by atomic mass is 19.2. The smallest absolute Gasteiger partial charge is 0.196 e. The van der Waals surface area contributed by atoms with Gasteiger partial charge in [-0.1, -0.05) is 0 Å². The molecule has 0 radical (unpaired) electrons. The first-order valence-corrected chi connectivity index (χ1v) is 2.85. The van der Waals surface area contributed by atoms with Crippen molar-refractivity contribution in [2.75, 3.05) is 0 Å². The van der Waals surface area contributed by atoms with Gasteiger partial charge in [-0.3, -0.25) is 0 Å². The van der Waals surface area contributed by atoms with Crippen molar-refractivity contribution in [3.05, 3.63) is 23.3 Å². The van der Waals surface area contributed by atoms with E-state index < -0.39 is 35.7 Å². The highest BCUT2D eigenvalue weighted by Crippen LogP contribution is 2.36. The van der Waals surface area contributed by atoms with E-state index in [2.05, 4.69) is 0 Å². The molecule has 2 atom stereocenters. The standard InChI is InChI=1S/C6H2F6/c7-1-2(8)4(10)6(12)5(11)3(1)9/h1-2H. The third-order valence-corrected chi connectivity index (χ3v) is 1.35. The summed E-state index contributed by atoms with van der Waals surface area (Å²) in [4.78, 5) is 0. The lowest BCUT2D eigenvalue weighted by Crippen LogP contribution is -2.24. The van der Waals surface area contributed by atoms with Crippen molar-refractivity contribution in [1.29, 1.82) is 0 Å². The Hall–Kier alpha value is -0.940. The van der Waals surface area contributed by atoms with E-state index in [1.165, 1.54) is 0 Å². The van der Waals surface area contributed by atoms with E-state index in [0.717, 1.165) is 0 Å². The zero-order valence-corrected chi connectivity index (χ0v) is 5.42. The van der Waals surface area contributed by atoms with Gasteiger partial charge in [0.15, 0.2) is 35.7 Å². The Morgan fingerprint density at radius 3 is 1.17 bits per heavy atom. The Kier molecular flexibility index (Phi) is 2.16. The van der Waals surface area contributed by atoms with Crippen LogP contribution in [0.1, 0.15) is 0 Å². The normalized spacial score (nSPS) is 31.5. The van der Waals surface area contributed by atoms with Crippen LogP contribution in [-0.4, -0.2) is 12.3 Å². The van der Waals surface area contributed by atoms with Gasteiger partial charge in [0.05, 0.1) is 0 Å². The summed E-state index contributed by atoms with van der Waals surface area (Å²) in [5.74, 6) is -9.12. The molecule has 6 heteroatoms. The van der Waals surface area contributed by atoms with Crippen molar-refractivity contribution < 1.29 is 26.3 Å². The van der Waals surface area contributed by atoms with Crippen molar-refractivity contribution in [3.8, 4) is 0 Å². The van der Waals surface area contributed by atoms with Crippen LogP contribution in [0, 0.1) is 0 Å². The quantitative estimate of drug-likeness (QED) is 0.512. The molecule has 1 rings (SSSR count). The van der Waals surface area contributed by atoms with Crippen molar-refractivity contribution in [1.82, 2.24) is 0 Å². The van der Waals surface area contributed by atoms with Gasteiger partial charge in [-0.25, -0.2) is 26.3 Å². The van der Waals surface area contributed by atoms with Crippen LogP contribution in [0.25, 0.3) is 0 Å². The van der Waals surface area contributed by atoms with Crippen LogP contribution in [0.2, 0.25) is 0 Å². The fraction of sp³-hybridized carbons (Fsp3) is 0.333. The van der Waals surface area contributed by atoms with Crippen LogP contribution in [-0.2, 0) is 0 Å². The van der Waals surface area contributed by atoms with Crippen molar-refractivity contribution in [3.63, 3.8) is 0 Å². The minimum Gasteiger partial charge on any atom is -0.236 e. The number of halogens is 6. The summed E-state index contributed by atoms with van der Waals surface area (Å²) in [5, 5.41) is 0. The van der Waals surface area contributed by atoms with Crippen LogP contribution in [0.3, 0.4) is 0 Å². The van der Waals surface area contributed by atoms with E-state index in [9.17, 15) is 26.3 Å². The van der Waals surface area contributed by atoms with E-state index in [4.69, 9.17) is 0 Å². The van der Waals surface area contributed by atoms with Crippen LogP contribution < -0.4 is 0 Å². The average molecular weight is 188 g/mol. The zero-order valence-electron chi connectivity index (χ0n) is 5.42. The molecule has 0 aromatic heterocycles. The second-order valence-corrected chi connectivity index (χ2v) is 2.13. The Bertz CT molecular complexity index is 237. The molecule has 68 valence electrons. The summed E-state index contributed by atoms with van der Waals surface area (Å²) in [6.45, 7) is 0. The molecule has 0 heterocycles. The lowest BCUT2D eigenvalue weighted by molar-refractivity contribution is 0.159. The second-order valence-electron chi connectivity index (χ2n) is 2.13. The summed E-state index contributed by atoms with van der Waals surface area (Å²) in [7, 11) is 0. The fourth-order valence-electron chi connectivity index (χ4n) is 0.709. The number of hydrogen-bond acceptors (Lipinski definition) is 0. The molecule has 12 heavy (non-hydrogen) atoms. The largest absolute Gasteiger partial charge is 0.236 e. The SMILES string of the molecule is FC1=C(F)C(F)C(F)C(F)=C1F. The van der Waals surface area contributed by atoms with Crippen LogP contribution in [0.15, 0.2) is 23.3 Å². The van der Waals surface area contributed by atoms with E-state index in [-0.39, 0.29) is 0 Å². The molecule has 0 N–H and O–H groups in total. The molecule has 0 aromatic carbocycles. The molecule has 0 spiro atoms. The number of hydrogen-bond donors (Lipinski definition) is 0. The minimum absolute atomic E-state index is 2.25. The van der Waals surface area contributed by atoms with Gasteiger partial charge in [0.1, 0.15) is 0 Å². The predicted octanol–water partition coefficient (Wildman–Crippen LogP) is 2.98. The number of rotatable bonds is 0. The van der Waals surface area contributed by atoms with Gasteiger partial charge in [0, 0.05) is 0 Å². The Labute approximate surface area is 63.2 Å². The van der Waals surface area contributed by atoms with Gasteiger partial charge in [0.25, 0.3) is 0 Å². The average Bonchev–Trinajstić information content (AvgIpc) is 2.08. The molecule has 0 bridgehead atoms. The molecular formula is C6H2F6. The Morgan fingerprint density at radius 1 is 0.667 bits per heavy atom. The summed E-state index contributed by atoms with van der Waals surface area (Å²) >= 11 is 0. The first-order chi connectivity index (χ1) is 5.46. The third kappa shape index (κ3) is 1.11. The number of allylic oxidation sites excluding steroid dienone is 4. The second kappa shape index (κ2) is 2.84. The first kappa shape index (κ1) is 9.15. The maximum Gasteiger partial charge on any atom is 0.196 e. The maximum absolute atomic E-state index is 12.2. The molecule has 1 aliphatic rings. The molecule has 0 aliphatic heterocycles. The van der Waals surface area contributed by atoms with Crippen LogP contribution >= 0.6 is 0 Å². The van der Waals surface area contributed by atoms with Gasteiger partial charge < -0.3 is 0 Å². The highest BCUT2D eigenvalue weighted by Gasteiger charge is 2.40. The molecular weight excluding hydrogens is 186 g/mol. The van der Waals surface area contributed by atoms with Crippen LogP contribution in [0.5, 0.6) is 0 Å². The van der Waals surface area contributed by atoms with Gasteiger partial charge in [0.2, 0.25) is 0 Å². The van der Waals surface area contributed by atoms with E-state index in [0.29, 0.717) is 0 Å². The van der Waals surface area contributed by atoms with E-state index >= 15 is 0 Å². The summed E-state index contributed by atoms with van der Waals surface area (Å²) in [6, 6.07) is 0. The zero-order chi connectivity index (χ0) is 9.46. The monoisotopic (exact) mass is 188 g/mol. The predicted molar refractivity (Wildman–Crippen MR) is 28.3 cm³/mol. The molecule has 0 saturated carbocycles. The molecule has 0 amide bonds. The molecule has 2 unspecified atom stereocenters. The number of alkyl halides is 2. The Morgan fingerprint density at radius 2 is 0.917 bits per heavy atom. The van der Waals surface area contributed by atoms with Gasteiger partial charge in [-0.05, 0) is 0 Å². The summed E-state index contributed by atoms with van der Waals surface area (Å²) < 4.78 is 72.6. The molecule has 0 fully saturated rings. The summed E-state index contributed by atoms with van der Waals surface area (Å²) in [6.07, 6.45) is -6.19. The third-order valence-electron chi connectivity index (χ3n) is 1.35. The topological polar surface area (TPSA) is 0 Å². The lowest BCUT2D eigenvalue weighted by atomic mass is 10.1. The first-order valence-electron chi connectivity index (χ1n) is 2.85.